The second kappa shape index (κ2) is 4.51. The van der Waals surface area contributed by atoms with Gasteiger partial charge >= 0.3 is 0 Å². The molecule has 5 heteroatoms. The minimum absolute atomic E-state index is 0.00865. The quantitative estimate of drug-likeness (QED) is 0.638. The summed E-state index contributed by atoms with van der Waals surface area (Å²) in [4.78, 5) is 24.2. The molecule has 0 saturated carbocycles. The normalized spacial score (nSPS) is 23.7. The van der Waals surface area contributed by atoms with Crippen molar-refractivity contribution in [1.29, 1.82) is 0 Å². The van der Waals surface area contributed by atoms with Gasteiger partial charge in [-0.05, 0) is 6.92 Å². The van der Waals surface area contributed by atoms with E-state index in [0.29, 0.717) is 39.1 Å². The van der Waals surface area contributed by atoms with Gasteiger partial charge in [-0.2, -0.15) is 0 Å². The molecule has 0 radical (unpaired) electrons. The molecular weight excluding hydrogens is 210 g/mol. The third-order valence-corrected chi connectivity index (χ3v) is 3.09. The number of hydrogen-bond donors (Lipinski definition) is 0. The van der Waals surface area contributed by atoms with Gasteiger partial charge in [0, 0.05) is 25.9 Å². The molecule has 16 heavy (non-hydrogen) atoms. The Bertz CT molecular complexity index is 286. The van der Waals surface area contributed by atoms with Crippen LogP contribution in [0.25, 0.3) is 0 Å². The summed E-state index contributed by atoms with van der Waals surface area (Å²) in [6.07, 6.45) is 1.42. The molecule has 0 N–H and O–H groups in total. The van der Waals surface area contributed by atoms with E-state index in [4.69, 9.17) is 9.47 Å². The topological polar surface area (TPSA) is 55.8 Å². The minimum Gasteiger partial charge on any atom is -0.347 e. The fraction of sp³-hybridized carbons (Fsp3) is 0.818. The highest BCUT2D eigenvalue weighted by Crippen LogP contribution is 2.31. The van der Waals surface area contributed by atoms with Crippen molar-refractivity contribution >= 4 is 11.7 Å². The van der Waals surface area contributed by atoms with Crippen molar-refractivity contribution in [2.24, 2.45) is 0 Å². The van der Waals surface area contributed by atoms with Crippen molar-refractivity contribution in [2.75, 3.05) is 26.3 Å². The van der Waals surface area contributed by atoms with Crippen molar-refractivity contribution in [3.8, 4) is 0 Å². The van der Waals surface area contributed by atoms with Crippen LogP contribution >= 0.6 is 0 Å². The highest BCUT2D eigenvalue weighted by atomic mass is 16.7. The lowest BCUT2D eigenvalue weighted by Gasteiger charge is -2.37. The first kappa shape index (κ1) is 11.5. The number of ether oxygens (including phenoxy) is 2. The van der Waals surface area contributed by atoms with Crippen molar-refractivity contribution in [3.63, 3.8) is 0 Å². The molecule has 2 aliphatic rings. The van der Waals surface area contributed by atoms with Crippen LogP contribution in [0.5, 0.6) is 0 Å². The van der Waals surface area contributed by atoms with Crippen LogP contribution in [0.4, 0.5) is 0 Å². The number of rotatable bonds is 2. The van der Waals surface area contributed by atoms with Crippen molar-refractivity contribution < 1.29 is 19.1 Å². The minimum atomic E-state index is -0.451. The lowest BCUT2D eigenvalue weighted by atomic mass is 10.0. The number of Topliss-reactive ketones (excluding diaryl/α,β-unsaturated/α-hetero) is 1. The van der Waals surface area contributed by atoms with Crippen LogP contribution in [0.15, 0.2) is 0 Å². The Morgan fingerprint density at radius 1 is 1.19 bits per heavy atom. The van der Waals surface area contributed by atoms with Crippen molar-refractivity contribution in [3.05, 3.63) is 0 Å². The van der Waals surface area contributed by atoms with E-state index in [2.05, 4.69) is 0 Å². The highest BCUT2D eigenvalue weighted by molar-refractivity contribution is 5.96. The predicted octanol–water partition coefficient (Wildman–Crippen LogP) is 0.331. The summed E-state index contributed by atoms with van der Waals surface area (Å²) in [5.74, 6) is -0.619. The molecule has 2 rings (SSSR count). The summed E-state index contributed by atoms with van der Waals surface area (Å²) in [5, 5.41) is 0. The van der Waals surface area contributed by atoms with E-state index in [1.807, 2.05) is 0 Å². The van der Waals surface area contributed by atoms with Gasteiger partial charge in [-0.25, -0.2) is 0 Å². The van der Waals surface area contributed by atoms with Gasteiger partial charge in [0.1, 0.15) is 5.78 Å². The van der Waals surface area contributed by atoms with Crippen LogP contribution in [0.2, 0.25) is 0 Å². The standard InChI is InChI=1S/C11H17NO4/c1-9(13)8-10(14)12-4-2-11(3-5-12)15-6-7-16-11/h2-8H2,1H3. The zero-order chi connectivity index (χ0) is 11.6. The highest BCUT2D eigenvalue weighted by Gasteiger charge is 2.40. The predicted molar refractivity (Wildman–Crippen MR) is 55.7 cm³/mol. The Morgan fingerprint density at radius 2 is 1.75 bits per heavy atom. The molecule has 0 bridgehead atoms. The van der Waals surface area contributed by atoms with Crippen LogP contribution in [-0.4, -0.2) is 48.7 Å². The third-order valence-electron chi connectivity index (χ3n) is 3.09. The Balaban J connectivity index is 1.85. The molecule has 2 heterocycles. The molecular formula is C11H17NO4. The summed E-state index contributed by atoms with van der Waals surface area (Å²) in [7, 11) is 0. The molecule has 0 aromatic heterocycles. The Labute approximate surface area is 94.7 Å². The summed E-state index contributed by atoms with van der Waals surface area (Å²) in [6, 6.07) is 0. The van der Waals surface area contributed by atoms with Crippen LogP contribution in [0, 0.1) is 0 Å². The number of hydrogen-bond acceptors (Lipinski definition) is 4. The maximum atomic E-state index is 11.6. The van der Waals surface area contributed by atoms with E-state index in [0.717, 1.165) is 0 Å². The van der Waals surface area contributed by atoms with E-state index in [9.17, 15) is 9.59 Å². The van der Waals surface area contributed by atoms with E-state index in [1.165, 1.54) is 6.92 Å². The fourth-order valence-corrected chi connectivity index (χ4v) is 2.21. The molecule has 0 aromatic carbocycles. The molecule has 0 aliphatic carbocycles. The molecule has 1 amide bonds. The average Bonchev–Trinajstić information content (AvgIpc) is 2.66. The molecule has 0 unspecified atom stereocenters. The first-order valence-electron chi connectivity index (χ1n) is 5.66. The van der Waals surface area contributed by atoms with Crippen LogP contribution in [0.1, 0.15) is 26.2 Å². The van der Waals surface area contributed by atoms with E-state index in [1.54, 1.807) is 4.90 Å². The molecule has 1 spiro atoms. The zero-order valence-corrected chi connectivity index (χ0v) is 9.53. The Kier molecular flexibility index (Phi) is 3.25. The van der Waals surface area contributed by atoms with Gasteiger partial charge in [-0.1, -0.05) is 0 Å². The van der Waals surface area contributed by atoms with Gasteiger partial charge in [0.25, 0.3) is 0 Å². The first-order chi connectivity index (χ1) is 7.61. The third kappa shape index (κ3) is 2.41. The number of amides is 1. The van der Waals surface area contributed by atoms with Gasteiger partial charge in [-0.3, -0.25) is 9.59 Å². The molecule has 2 saturated heterocycles. The number of likely N-dealkylation sites (tertiary alicyclic amines) is 1. The van der Waals surface area contributed by atoms with Crippen molar-refractivity contribution in [2.45, 2.75) is 32.0 Å². The van der Waals surface area contributed by atoms with Gasteiger partial charge in [0.2, 0.25) is 5.91 Å². The largest absolute Gasteiger partial charge is 0.347 e. The number of ketones is 1. The van der Waals surface area contributed by atoms with Crippen LogP contribution in [0.3, 0.4) is 0 Å². The summed E-state index contributed by atoms with van der Waals surface area (Å²) < 4.78 is 11.1. The smallest absolute Gasteiger partial charge is 0.230 e. The summed E-state index contributed by atoms with van der Waals surface area (Å²) in [6.45, 7) is 3.95. The van der Waals surface area contributed by atoms with E-state index in [-0.39, 0.29) is 18.1 Å². The Hall–Kier alpha value is -0.940. The van der Waals surface area contributed by atoms with Gasteiger partial charge in [0.15, 0.2) is 5.79 Å². The fourth-order valence-electron chi connectivity index (χ4n) is 2.21. The average molecular weight is 227 g/mol. The lowest BCUT2D eigenvalue weighted by molar-refractivity contribution is -0.187. The van der Waals surface area contributed by atoms with Gasteiger partial charge in [-0.15, -0.1) is 0 Å². The Morgan fingerprint density at radius 3 is 2.25 bits per heavy atom. The zero-order valence-electron chi connectivity index (χ0n) is 9.53. The molecule has 5 nitrogen and oxygen atoms in total. The second-order valence-corrected chi connectivity index (χ2v) is 4.37. The SMILES string of the molecule is CC(=O)CC(=O)N1CCC2(CC1)OCCO2. The second-order valence-electron chi connectivity index (χ2n) is 4.37. The van der Waals surface area contributed by atoms with Crippen molar-refractivity contribution in [1.82, 2.24) is 4.90 Å². The number of carbonyl (C=O) groups excluding carboxylic acids is 2. The van der Waals surface area contributed by atoms with Crippen LogP contribution < -0.4 is 0 Å². The van der Waals surface area contributed by atoms with Crippen LogP contribution in [-0.2, 0) is 19.1 Å². The van der Waals surface area contributed by atoms with Gasteiger partial charge in [0.05, 0.1) is 19.6 Å². The monoisotopic (exact) mass is 227 g/mol. The molecule has 0 aromatic rings. The number of nitrogens with zero attached hydrogens (tertiary/aromatic N) is 1. The first-order valence-corrected chi connectivity index (χ1v) is 5.66. The van der Waals surface area contributed by atoms with E-state index < -0.39 is 5.79 Å². The van der Waals surface area contributed by atoms with E-state index >= 15 is 0 Å². The van der Waals surface area contributed by atoms with Gasteiger partial charge < -0.3 is 14.4 Å². The molecule has 0 atom stereocenters. The molecule has 2 fully saturated rings. The molecule has 2 aliphatic heterocycles. The number of carbonyl (C=O) groups is 2. The summed E-state index contributed by atoms with van der Waals surface area (Å²) >= 11 is 0. The maximum absolute atomic E-state index is 11.6. The number of piperidine rings is 1. The lowest BCUT2D eigenvalue weighted by Crippen LogP contribution is -2.47. The molecule has 90 valence electrons. The summed E-state index contributed by atoms with van der Waals surface area (Å²) in [5.41, 5.74) is 0. The maximum Gasteiger partial charge on any atom is 0.230 e.